The van der Waals surface area contributed by atoms with Crippen LogP contribution in [-0.2, 0) is 0 Å². The van der Waals surface area contributed by atoms with Gasteiger partial charge in [-0.15, -0.1) is 11.3 Å². The van der Waals surface area contributed by atoms with Crippen LogP contribution in [0.15, 0.2) is 28.0 Å². The Bertz CT molecular complexity index is 676. The average molecular weight is 266 g/mol. The van der Waals surface area contributed by atoms with E-state index < -0.39 is 0 Å². The quantitative estimate of drug-likeness (QED) is 0.761. The predicted molar refractivity (Wildman–Crippen MR) is 69.2 cm³/mol. The van der Waals surface area contributed by atoms with Crippen LogP contribution in [0.25, 0.3) is 11.1 Å². The Hall–Kier alpha value is -1.59. The van der Waals surface area contributed by atoms with E-state index in [1.807, 2.05) is 12.3 Å². The fourth-order valence-corrected chi connectivity index (χ4v) is 2.30. The number of benzene rings is 1. The molecule has 0 amide bonds. The Kier molecular flexibility index (Phi) is 2.49. The maximum absolute atomic E-state index is 5.88. The number of rotatable bonds is 2. The minimum absolute atomic E-state index is 0.427. The van der Waals surface area contributed by atoms with Gasteiger partial charge in [0.05, 0.1) is 5.69 Å². The summed E-state index contributed by atoms with van der Waals surface area (Å²) in [5.74, 6) is 0. The van der Waals surface area contributed by atoms with Gasteiger partial charge in [0, 0.05) is 10.4 Å². The maximum Gasteiger partial charge on any atom is 0.302 e. The number of hydrogen-bond acceptors (Lipinski definition) is 5. The molecule has 1 N–H and O–H groups in total. The average Bonchev–Trinajstić information content (AvgIpc) is 2.84. The normalized spacial score (nSPS) is 10.9. The van der Waals surface area contributed by atoms with E-state index in [0.717, 1.165) is 16.3 Å². The van der Waals surface area contributed by atoms with Gasteiger partial charge in [0.25, 0.3) is 0 Å². The third kappa shape index (κ3) is 2.11. The summed E-state index contributed by atoms with van der Waals surface area (Å²) < 4.78 is 5.52. The summed E-state index contributed by atoms with van der Waals surface area (Å²) in [6.07, 6.45) is 0. The first-order valence-corrected chi connectivity index (χ1v) is 6.22. The second-order valence-corrected chi connectivity index (χ2v) is 4.84. The van der Waals surface area contributed by atoms with E-state index in [1.165, 1.54) is 11.3 Å². The molecule has 1 aromatic carbocycles. The molecule has 0 radical (unpaired) electrons. The van der Waals surface area contributed by atoms with Crippen molar-refractivity contribution in [1.82, 2.24) is 9.97 Å². The molecule has 0 fully saturated rings. The number of hydrogen-bond donors (Lipinski definition) is 1. The van der Waals surface area contributed by atoms with Gasteiger partial charge in [-0.3, -0.25) is 5.32 Å². The number of nitrogens with one attached hydrogen (secondary N) is 1. The lowest BCUT2D eigenvalue weighted by molar-refractivity contribution is 0.623. The van der Waals surface area contributed by atoms with Crippen LogP contribution in [0.5, 0.6) is 0 Å². The standard InChI is InChI=1S/C11H8ClN3OS/c1-6-5-17-11(13-6)15-10-14-8-4-7(12)2-3-9(8)16-10/h2-5H,1H3,(H,13,14,15). The van der Waals surface area contributed by atoms with E-state index in [1.54, 1.807) is 18.2 Å². The number of fused-ring (bicyclic) bond motifs is 1. The first-order chi connectivity index (χ1) is 8.20. The lowest BCUT2D eigenvalue weighted by Gasteiger charge is -1.93. The molecule has 0 aliphatic carbocycles. The molecule has 2 aromatic heterocycles. The van der Waals surface area contributed by atoms with Gasteiger partial charge in [0.15, 0.2) is 10.7 Å². The zero-order chi connectivity index (χ0) is 11.8. The van der Waals surface area contributed by atoms with Crippen molar-refractivity contribution in [2.75, 3.05) is 5.32 Å². The van der Waals surface area contributed by atoms with Crippen molar-refractivity contribution in [1.29, 1.82) is 0 Å². The number of thiazole rings is 1. The van der Waals surface area contributed by atoms with Crippen molar-refractivity contribution >= 4 is 45.2 Å². The van der Waals surface area contributed by atoms with Crippen LogP contribution in [0.2, 0.25) is 5.02 Å². The van der Waals surface area contributed by atoms with Crippen LogP contribution < -0.4 is 5.32 Å². The van der Waals surface area contributed by atoms with Crippen LogP contribution in [-0.4, -0.2) is 9.97 Å². The molecule has 2 heterocycles. The number of nitrogens with zero attached hydrogens (tertiary/aromatic N) is 2. The Morgan fingerprint density at radius 2 is 2.24 bits per heavy atom. The number of anilines is 2. The molecule has 0 aliphatic rings. The highest BCUT2D eigenvalue weighted by Gasteiger charge is 2.07. The summed E-state index contributed by atoms with van der Waals surface area (Å²) in [5.41, 5.74) is 2.40. The minimum atomic E-state index is 0.427. The van der Waals surface area contributed by atoms with Crippen LogP contribution >= 0.6 is 22.9 Å². The first-order valence-electron chi connectivity index (χ1n) is 4.96. The van der Waals surface area contributed by atoms with Gasteiger partial charge in [-0.1, -0.05) is 11.6 Å². The molecule has 0 saturated carbocycles. The molecule has 17 heavy (non-hydrogen) atoms. The van der Waals surface area contributed by atoms with Crippen molar-refractivity contribution in [2.24, 2.45) is 0 Å². The topological polar surface area (TPSA) is 51.0 Å². The minimum Gasteiger partial charge on any atom is -0.423 e. The highest BCUT2D eigenvalue weighted by Crippen LogP contribution is 2.25. The summed E-state index contributed by atoms with van der Waals surface area (Å²) in [7, 11) is 0. The smallest absolute Gasteiger partial charge is 0.302 e. The molecule has 0 saturated heterocycles. The highest BCUT2D eigenvalue weighted by molar-refractivity contribution is 7.13. The number of halogens is 1. The predicted octanol–water partition coefficient (Wildman–Crippen LogP) is 3.99. The van der Waals surface area contributed by atoms with Crippen LogP contribution in [0.3, 0.4) is 0 Å². The van der Waals surface area contributed by atoms with E-state index in [4.69, 9.17) is 16.0 Å². The molecule has 0 unspecified atom stereocenters. The summed E-state index contributed by atoms with van der Waals surface area (Å²) in [6.45, 7) is 1.94. The summed E-state index contributed by atoms with van der Waals surface area (Å²) >= 11 is 7.39. The Morgan fingerprint density at radius 1 is 1.35 bits per heavy atom. The molecule has 3 rings (SSSR count). The second-order valence-electron chi connectivity index (χ2n) is 3.55. The molecule has 3 aromatic rings. The Balaban J connectivity index is 1.95. The van der Waals surface area contributed by atoms with Crippen LogP contribution in [0.4, 0.5) is 11.1 Å². The van der Waals surface area contributed by atoms with Gasteiger partial charge in [-0.05, 0) is 25.1 Å². The van der Waals surface area contributed by atoms with Crippen molar-refractivity contribution < 1.29 is 4.42 Å². The molecular weight excluding hydrogens is 258 g/mol. The van der Waals surface area contributed by atoms with Crippen molar-refractivity contribution in [3.05, 3.63) is 34.3 Å². The maximum atomic E-state index is 5.88. The first kappa shape index (κ1) is 10.6. The van der Waals surface area contributed by atoms with E-state index in [9.17, 15) is 0 Å². The van der Waals surface area contributed by atoms with E-state index >= 15 is 0 Å². The molecule has 4 nitrogen and oxygen atoms in total. The largest absolute Gasteiger partial charge is 0.423 e. The lowest BCUT2D eigenvalue weighted by atomic mass is 10.3. The van der Waals surface area contributed by atoms with Crippen LogP contribution in [0, 0.1) is 6.92 Å². The van der Waals surface area contributed by atoms with E-state index in [-0.39, 0.29) is 0 Å². The Labute approximate surface area is 106 Å². The molecule has 0 bridgehead atoms. The van der Waals surface area contributed by atoms with Gasteiger partial charge < -0.3 is 4.42 Å². The highest BCUT2D eigenvalue weighted by atomic mass is 35.5. The molecule has 6 heteroatoms. The number of aryl methyl sites for hydroxylation is 1. The molecule has 0 aliphatic heterocycles. The van der Waals surface area contributed by atoms with Gasteiger partial charge in [-0.25, -0.2) is 4.98 Å². The summed E-state index contributed by atoms with van der Waals surface area (Å²) in [6, 6.07) is 5.75. The van der Waals surface area contributed by atoms with Gasteiger partial charge in [0.2, 0.25) is 0 Å². The van der Waals surface area contributed by atoms with Crippen molar-refractivity contribution in [3.63, 3.8) is 0 Å². The van der Waals surface area contributed by atoms with Gasteiger partial charge >= 0.3 is 6.01 Å². The van der Waals surface area contributed by atoms with Crippen molar-refractivity contribution in [2.45, 2.75) is 6.92 Å². The summed E-state index contributed by atoms with van der Waals surface area (Å²) in [5, 5.41) is 6.39. The molecular formula is C11H8ClN3OS. The fourth-order valence-electron chi connectivity index (χ4n) is 1.46. The van der Waals surface area contributed by atoms with Gasteiger partial charge in [0.1, 0.15) is 5.52 Å². The second kappa shape index (κ2) is 4.01. The molecule has 0 spiro atoms. The van der Waals surface area contributed by atoms with Gasteiger partial charge in [-0.2, -0.15) is 4.98 Å². The zero-order valence-electron chi connectivity index (χ0n) is 8.90. The monoisotopic (exact) mass is 265 g/mol. The number of aromatic nitrogens is 2. The van der Waals surface area contributed by atoms with E-state index in [2.05, 4.69) is 15.3 Å². The lowest BCUT2D eigenvalue weighted by Crippen LogP contribution is -1.88. The SMILES string of the molecule is Cc1csc(Nc2nc3cc(Cl)ccc3o2)n1. The summed E-state index contributed by atoms with van der Waals surface area (Å²) in [4.78, 5) is 8.56. The molecule has 0 atom stereocenters. The third-order valence-electron chi connectivity index (χ3n) is 2.18. The molecule has 86 valence electrons. The Morgan fingerprint density at radius 3 is 3.00 bits per heavy atom. The van der Waals surface area contributed by atoms with Crippen LogP contribution in [0.1, 0.15) is 5.69 Å². The fraction of sp³-hybridized carbons (Fsp3) is 0.0909. The number of oxazole rings is 1. The van der Waals surface area contributed by atoms with Crippen molar-refractivity contribution in [3.8, 4) is 0 Å². The third-order valence-corrected chi connectivity index (χ3v) is 3.29. The van der Waals surface area contributed by atoms with E-state index in [0.29, 0.717) is 16.6 Å². The zero-order valence-corrected chi connectivity index (χ0v) is 10.5.